The lowest BCUT2D eigenvalue weighted by Crippen LogP contribution is -2.26. The molecule has 2 rings (SSSR count). The first-order valence-corrected chi connectivity index (χ1v) is 9.36. The molecule has 0 amide bonds. The number of methoxy groups -OCH3 is 2. The van der Waals surface area contributed by atoms with Crippen LogP contribution in [0.15, 0.2) is 47.4 Å². The van der Waals surface area contributed by atoms with Gasteiger partial charge in [-0.3, -0.25) is 0 Å². The van der Waals surface area contributed by atoms with Crippen LogP contribution >= 0.6 is 0 Å². The van der Waals surface area contributed by atoms with Crippen LogP contribution < -0.4 is 18.9 Å². The molecular formula is C18H23NO5S. The summed E-state index contributed by atoms with van der Waals surface area (Å²) in [5.41, 5.74) is 0.840. The van der Waals surface area contributed by atoms with Crippen LogP contribution in [-0.4, -0.2) is 29.2 Å². The van der Waals surface area contributed by atoms with Crippen molar-refractivity contribution in [3.8, 4) is 17.2 Å². The standard InChI is InChI=1S/C18H23NO5S/c1-5-24-15-8-6-14(7-9-15)13(2)19-25(20,21)16-10-11-17(22-3)18(12-16)23-4/h6-13,19H,5H2,1-4H3. The van der Waals surface area contributed by atoms with Crippen LogP contribution in [0.4, 0.5) is 0 Å². The first kappa shape index (κ1) is 19.1. The van der Waals surface area contributed by atoms with E-state index in [4.69, 9.17) is 14.2 Å². The van der Waals surface area contributed by atoms with Gasteiger partial charge in [-0.05, 0) is 43.7 Å². The lowest BCUT2D eigenvalue weighted by atomic mass is 10.1. The molecule has 0 aromatic heterocycles. The summed E-state index contributed by atoms with van der Waals surface area (Å²) in [7, 11) is -0.742. The van der Waals surface area contributed by atoms with E-state index in [1.807, 2.05) is 31.2 Å². The third kappa shape index (κ3) is 4.64. The molecule has 0 aliphatic carbocycles. The summed E-state index contributed by atoms with van der Waals surface area (Å²) in [4.78, 5) is 0.114. The Labute approximate surface area is 148 Å². The average molecular weight is 365 g/mol. The molecule has 0 aliphatic rings. The van der Waals surface area contributed by atoms with E-state index in [0.29, 0.717) is 18.1 Å². The molecule has 1 atom stereocenters. The fraction of sp³-hybridized carbons (Fsp3) is 0.333. The monoisotopic (exact) mass is 365 g/mol. The minimum atomic E-state index is -3.70. The van der Waals surface area contributed by atoms with Gasteiger partial charge in [0.2, 0.25) is 10.0 Å². The molecule has 0 aliphatic heterocycles. The Kier molecular flexibility index (Phi) is 6.27. The number of ether oxygens (including phenoxy) is 3. The van der Waals surface area contributed by atoms with Crippen molar-refractivity contribution >= 4 is 10.0 Å². The van der Waals surface area contributed by atoms with Gasteiger partial charge in [-0.1, -0.05) is 12.1 Å². The second-order valence-electron chi connectivity index (χ2n) is 5.36. The number of nitrogens with one attached hydrogen (secondary N) is 1. The summed E-state index contributed by atoms with van der Waals surface area (Å²) in [6, 6.07) is 11.4. The van der Waals surface area contributed by atoms with Gasteiger partial charge in [-0.15, -0.1) is 0 Å². The highest BCUT2D eigenvalue weighted by Crippen LogP contribution is 2.30. The van der Waals surface area contributed by atoms with Crippen LogP contribution in [0.2, 0.25) is 0 Å². The topological polar surface area (TPSA) is 73.9 Å². The van der Waals surface area contributed by atoms with Gasteiger partial charge in [0, 0.05) is 12.1 Å². The van der Waals surface area contributed by atoms with E-state index in [1.165, 1.54) is 26.4 Å². The average Bonchev–Trinajstić information content (AvgIpc) is 2.61. The van der Waals surface area contributed by atoms with Crippen LogP contribution in [0.5, 0.6) is 17.2 Å². The summed E-state index contributed by atoms with van der Waals surface area (Å²) in [5.74, 6) is 1.58. The molecule has 25 heavy (non-hydrogen) atoms. The number of benzene rings is 2. The molecule has 0 heterocycles. The normalized spacial score (nSPS) is 12.5. The fourth-order valence-electron chi connectivity index (χ4n) is 2.37. The molecule has 0 saturated carbocycles. The van der Waals surface area contributed by atoms with Gasteiger partial charge in [0.1, 0.15) is 5.75 Å². The Morgan fingerprint density at radius 1 is 1.00 bits per heavy atom. The van der Waals surface area contributed by atoms with Gasteiger partial charge in [0.15, 0.2) is 11.5 Å². The molecular weight excluding hydrogens is 342 g/mol. The van der Waals surface area contributed by atoms with Crippen molar-refractivity contribution in [2.45, 2.75) is 24.8 Å². The highest BCUT2D eigenvalue weighted by atomic mass is 32.2. The van der Waals surface area contributed by atoms with Gasteiger partial charge in [-0.2, -0.15) is 0 Å². The molecule has 0 bridgehead atoms. The Bertz CT molecular complexity index is 803. The highest BCUT2D eigenvalue weighted by molar-refractivity contribution is 7.89. The molecule has 1 N–H and O–H groups in total. The minimum Gasteiger partial charge on any atom is -0.494 e. The second-order valence-corrected chi connectivity index (χ2v) is 7.08. The summed E-state index contributed by atoms with van der Waals surface area (Å²) >= 11 is 0. The fourth-order valence-corrected chi connectivity index (χ4v) is 3.62. The van der Waals surface area contributed by atoms with Crippen molar-refractivity contribution in [1.29, 1.82) is 0 Å². The zero-order valence-electron chi connectivity index (χ0n) is 14.8. The van der Waals surface area contributed by atoms with E-state index in [-0.39, 0.29) is 4.90 Å². The first-order valence-electron chi connectivity index (χ1n) is 7.88. The molecule has 2 aromatic rings. The van der Waals surface area contributed by atoms with E-state index in [0.717, 1.165) is 11.3 Å². The van der Waals surface area contributed by atoms with E-state index in [9.17, 15) is 8.42 Å². The van der Waals surface area contributed by atoms with Crippen LogP contribution in [0.3, 0.4) is 0 Å². The van der Waals surface area contributed by atoms with Crippen LogP contribution in [0.25, 0.3) is 0 Å². The van der Waals surface area contributed by atoms with Crippen molar-refractivity contribution in [2.24, 2.45) is 0 Å². The van der Waals surface area contributed by atoms with Crippen LogP contribution in [0, 0.1) is 0 Å². The van der Waals surface area contributed by atoms with Gasteiger partial charge in [-0.25, -0.2) is 13.1 Å². The quantitative estimate of drug-likeness (QED) is 0.778. The van der Waals surface area contributed by atoms with Crippen molar-refractivity contribution in [3.63, 3.8) is 0 Å². The summed E-state index contributed by atoms with van der Waals surface area (Å²) in [6.45, 7) is 4.28. The van der Waals surface area contributed by atoms with Crippen LogP contribution in [0.1, 0.15) is 25.5 Å². The van der Waals surface area contributed by atoms with E-state index in [1.54, 1.807) is 13.0 Å². The molecule has 2 aromatic carbocycles. The Balaban J connectivity index is 2.19. The number of rotatable bonds is 8. The SMILES string of the molecule is CCOc1ccc(C(C)NS(=O)(=O)c2ccc(OC)c(OC)c2)cc1. The molecule has 0 saturated heterocycles. The number of hydrogen-bond acceptors (Lipinski definition) is 5. The van der Waals surface area contributed by atoms with Crippen molar-refractivity contribution < 1.29 is 22.6 Å². The minimum absolute atomic E-state index is 0.114. The molecule has 136 valence electrons. The molecule has 0 radical (unpaired) electrons. The predicted molar refractivity (Wildman–Crippen MR) is 95.9 cm³/mol. The van der Waals surface area contributed by atoms with Crippen molar-refractivity contribution in [3.05, 3.63) is 48.0 Å². The first-order chi connectivity index (χ1) is 11.9. The van der Waals surface area contributed by atoms with Gasteiger partial charge in [0.05, 0.1) is 25.7 Å². The predicted octanol–water partition coefficient (Wildman–Crippen LogP) is 3.14. The molecule has 1 unspecified atom stereocenters. The van der Waals surface area contributed by atoms with Gasteiger partial charge < -0.3 is 14.2 Å². The largest absolute Gasteiger partial charge is 0.494 e. The van der Waals surface area contributed by atoms with E-state index in [2.05, 4.69) is 4.72 Å². The molecule has 6 nitrogen and oxygen atoms in total. The molecule has 0 spiro atoms. The Hall–Kier alpha value is -2.25. The van der Waals surface area contributed by atoms with E-state index >= 15 is 0 Å². The van der Waals surface area contributed by atoms with Crippen molar-refractivity contribution in [2.75, 3.05) is 20.8 Å². The van der Waals surface area contributed by atoms with Gasteiger partial charge in [0.25, 0.3) is 0 Å². The maximum atomic E-state index is 12.6. The Morgan fingerprint density at radius 3 is 2.20 bits per heavy atom. The van der Waals surface area contributed by atoms with Gasteiger partial charge >= 0.3 is 0 Å². The summed E-state index contributed by atoms with van der Waals surface area (Å²) in [6.07, 6.45) is 0. The maximum absolute atomic E-state index is 12.6. The lowest BCUT2D eigenvalue weighted by molar-refractivity contribution is 0.340. The maximum Gasteiger partial charge on any atom is 0.241 e. The van der Waals surface area contributed by atoms with E-state index < -0.39 is 16.1 Å². The van der Waals surface area contributed by atoms with Crippen molar-refractivity contribution in [1.82, 2.24) is 4.72 Å². The Morgan fingerprint density at radius 2 is 1.64 bits per heavy atom. The summed E-state index contributed by atoms with van der Waals surface area (Å²) in [5, 5.41) is 0. The smallest absolute Gasteiger partial charge is 0.241 e. The zero-order chi connectivity index (χ0) is 18.4. The zero-order valence-corrected chi connectivity index (χ0v) is 15.6. The number of sulfonamides is 1. The highest BCUT2D eigenvalue weighted by Gasteiger charge is 2.20. The van der Waals surface area contributed by atoms with Crippen LogP contribution in [-0.2, 0) is 10.0 Å². The third-order valence-electron chi connectivity index (χ3n) is 3.69. The second kappa shape index (κ2) is 8.22. The molecule has 0 fully saturated rings. The molecule has 7 heteroatoms. The third-order valence-corrected chi connectivity index (χ3v) is 5.23. The number of hydrogen-bond donors (Lipinski definition) is 1. The summed E-state index contributed by atoms with van der Waals surface area (Å²) < 4.78 is 43.6. The lowest BCUT2D eigenvalue weighted by Gasteiger charge is -2.16.